The molecule has 50 heavy (non-hydrogen) atoms. The molecule has 5 aliphatic rings. The fourth-order valence-corrected chi connectivity index (χ4v) is 6.67. The van der Waals surface area contributed by atoms with Gasteiger partial charge in [0.2, 0.25) is 12.6 Å². The Hall–Kier alpha value is -2.98. The van der Waals surface area contributed by atoms with E-state index >= 15 is 0 Å². The first-order valence-corrected chi connectivity index (χ1v) is 16.2. The molecular weight excluding hydrogens is 672 g/mol. The molecule has 0 unspecified atom stereocenters. The van der Waals surface area contributed by atoms with Crippen LogP contribution in [0.5, 0.6) is 0 Å². The van der Waals surface area contributed by atoms with Crippen LogP contribution in [0.25, 0.3) is 0 Å². The van der Waals surface area contributed by atoms with Gasteiger partial charge in [-0.15, -0.1) is 13.2 Å². The summed E-state index contributed by atoms with van der Waals surface area (Å²) < 4.78 is 45.1. The summed E-state index contributed by atoms with van der Waals surface area (Å²) in [5, 5.41) is 80.5. The highest BCUT2D eigenvalue weighted by Crippen LogP contribution is 2.40. The van der Waals surface area contributed by atoms with Crippen molar-refractivity contribution >= 4 is 11.9 Å². The molecule has 0 saturated carbocycles. The number of fused-ring (bicyclic) bond motifs is 2. The fourth-order valence-electron chi connectivity index (χ4n) is 6.67. The predicted octanol–water partition coefficient (Wildman–Crippen LogP) is -3.18. The number of carbonyl (C=O) groups is 2. The van der Waals surface area contributed by atoms with E-state index in [9.17, 15) is 50.4 Å². The van der Waals surface area contributed by atoms with Crippen LogP contribution in [0, 0.1) is 23.7 Å². The van der Waals surface area contributed by atoms with Crippen molar-refractivity contribution in [2.45, 2.75) is 86.8 Å². The van der Waals surface area contributed by atoms with E-state index in [-0.39, 0.29) is 37.2 Å². The predicted molar refractivity (Wildman–Crippen MR) is 161 cm³/mol. The lowest BCUT2D eigenvalue weighted by molar-refractivity contribution is -0.339. The first kappa shape index (κ1) is 38.3. The molecule has 0 aliphatic carbocycles. The average Bonchev–Trinajstić information content (AvgIpc) is 3.11. The number of carbonyl (C=O) groups excluding carboxylic acids is 2. The largest absolute Gasteiger partial charge is 0.471 e. The van der Waals surface area contributed by atoms with E-state index in [1.54, 1.807) is 0 Å². The summed E-state index contributed by atoms with van der Waals surface area (Å²) in [5.41, 5.74) is 0.152. The van der Waals surface area contributed by atoms with Crippen molar-refractivity contribution in [2.75, 3.05) is 26.4 Å². The number of esters is 2. The molecule has 5 aliphatic heterocycles. The standard InChI is InChI=1S/C32H44O18/c1-3-13-15-5-7-43-28(42)18-12-46-30(50-32-26(40)24(38)22(36)20(10-34)48-32)14(4-2)16(18)6-8-44-27(41)17(15)11-45-29(13)49-31-25(39)23(37)21(35)19(9-33)47-31/h3-4,11-16,19-26,29-40H,1-2,5-10H2/t13-,14-,15-,16+,19-,20-,21-,22-,23+,24+,25-,26-,29+,30-,31+,32+/m1/s1. The zero-order chi connectivity index (χ0) is 36.3. The van der Waals surface area contributed by atoms with Gasteiger partial charge in [0.1, 0.15) is 48.8 Å². The topological polar surface area (TPSA) is 270 Å². The van der Waals surface area contributed by atoms with E-state index in [0.29, 0.717) is 0 Å². The van der Waals surface area contributed by atoms with Crippen molar-refractivity contribution < 1.29 is 88.3 Å². The molecule has 18 heteroatoms. The van der Waals surface area contributed by atoms with Crippen LogP contribution in [0.2, 0.25) is 0 Å². The monoisotopic (exact) mass is 716 g/mol. The van der Waals surface area contributed by atoms with Crippen LogP contribution >= 0.6 is 0 Å². The molecule has 16 atom stereocenters. The third-order valence-electron chi connectivity index (χ3n) is 9.59. The maximum Gasteiger partial charge on any atom is 0.337 e. The summed E-state index contributed by atoms with van der Waals surface area (Å²) in [6, 6.07) is 0. The molecule has 0 amide bonds. The van der Waals surface area contributed by atoms with Crippen LogP contribution in [-0.4, -0.2) is 153 Å². The van der Waals surface area contributed by atoms with Gasteiger partial charge < -0.3 is 78.7 Å². The Balaban J connectivity index is 1.30. The van der Waals surface area contributed by atoms with Gasteiger partial charge in [-0.25, -0.2) is 9.59 Å². The van der Waals surface area contributed by atoms with Gasteiger partial charge in [-0.05, 0) is 12.8 Å². The molecule has 3 saturated heterocycles. The first-order chi connectivity index (χ1) is 23.9. The van der Waals surface area contributed by atoms with Crippen molar-refractivity contribution in [2.24, 2.45) is 23.7 Å². The SMILES string of the molecule is C=C[C@H]1[C@@H](O[C@@H]2O[C@H](CO)[C@@H](O)[C@H](O)[C@H]2O)OC=C2C(=O)OCC[C@H]3C(=CO[C@@H](O[C@@H]4O[C@H](CO)[C@@H](O)[C@H](O)[C@H]4O)[C@@H]3C=C)C(=O)OCC[C@H]21. The summed E-state index contributed by atoms with van der Waals surface area (Å²) in [7, 11) is 0. The molecule has 5 heterocycles. The number of rotatable bonds is 8. The van der Waals surface area contributed by atoms with E-state index in [1.807, 2.05) is 0 Å². The molecule has 0 radical (unpaired) electrons. The lowest BCUT2D eigenvalue weighted by atomic mass is 9.81. The normalized spacial score (nSPS) is 44.2. The highest BCUT2D eigenvalue weighted by molar-refractivity contribution is 5.90. The minimum absolute atomic E-state index is 0.0494. The van der Waals surface area contributed by atoms with Crippen molar-refractivity contribution in [1.29, 1.82) is 0 Å². The third kappa shape index (κ3) is 7.62. The van der Waals surface area contributed by atoms with Gasteiger partial charge in [0.05, 0.1) is 50.1 Å². The minimum Gasteiger partial charge on any atom is -0.471 e. The first-order valence-electron chi connectivity index (χ1n) is 16.2. The number of cyclic esters (lactones) is 2. The van der Waals surface area contributed by atoms with Gasteiger partial charge in [0.15, 0.2) is 12.6 Å². The van der Waals surface area contributed by atoms with Crippen LogP contribution in [0.15, 0.2) is 49.0 Å². The average molecular weight is 717 g/mol. The second kappa shape index (κ2) is 16.6. The number of aliphatic hydroxyl groups is 8. The van der Waals surface area contributed by atoms with Crippen LogP contribution in [-0.2, 0) is 47.5 Å². The smallest absolute Gasteiger partial charge is 0.337 e. The molecule has 280 valence electrons. The molecule has 0 spiro atoms. The van der Waals surface area contributed by atoms with Crippen LogP contribution in [0.3, 0.4) is 0 Å². The number of hydrogen-bond donors (Lipinski definition) is 8. The Morgan fingerprint density at radius 1 is 0.620 bits per heavy atom. The lowest BCUT2D eigenvalue weighted by Crippen LogP contribution is -2.60. The Bertz CT molecular complexity index is 1190. The lowest BCUT2D eigenvalue weighted by Gasteiger charge is -2.43. The van der Waals surface area contributed by atoms with Gasteiger partial charge in [0.25, 0.3) is 0 Å². The van der Waals surface area contributed by atoms with Crippen molar-refractivity contribution in [1.82, 2.24) is 0 Å². The molecule has 18 nitrogen and oxygen atoms in total. The van der Waals surface area contributed by atoms with E-state index < -0.39 is 123 Å². The maximum absolute atomic E-state index is 13.4. The zero-order valence-corrected chi connectivity index (χ0v) is 26.9. The Labute approximate surface area is 286 Å². The van der Waals surface area contributed by atoms with Gasteiger partial charge in [-0.1, -0.05) is 12.2 Å². The van der Waals surface area contributed by atoms with Crippen molar-refractivity contribution in [3.05, 3.63) is 49.0 Å². The Kier molecular flexibility index (Phi) is 12.7. The summed E-state index contributed by atoms with van der Waals surface area (Å²) in [4.78, 5) is 26.8. The Morgan fingerprint density at radius 2 is 1.00 bits per heavy atom. The molecule has 0 aromatic heterocycles. The van der Waals surface area contributed by atoms with Gasteiger partial charge in [-0.2, -0.15) is 0 Å². The molecule has 8 N–H and O–H groups in total. The molecule has 0 aromatic rings. The third-order valence-corrected chi connectivity index (χ3v) is 9.59. The van der Waals surface area contributed by atoms with E-state index in [1.165, 1.54) is 12.2 Å². The van der Waals surface area contributed by atoms with E-state index in [0.717, 1.165) is 12.5 Å². The highest BCUT2D eigenvalue weighted by atomic mass is 16.8. The van der Waals surface area contributed by atoms with Crippen LogP contribution in [0.4, 0.5) is 0 Å². The number of aliphatic hydroxyl groups excluding tert-OH is 8. The van der Waals surface area contributed by atoms with E-state index in [4.69, 9.17) is 37.9 Å². The zero-order valence-electron chi connectivity index (χ0n) is 26.9. The van der Waals surface area contributed by atoms with Gasteiger partial charge >= 0.3 is 11.9 Å². The van der Waals surface area contributed by atoms with Gasteiger partial charge in [-0.3, -0.25) is 0 Å². The quantitative estimate of drug-likeness (QED) is 0.0908. The summed E-state index contributed by atoms with van der Waals surface area (Å²) >= 11 is 0. The summed E-state index contributed by atoms with van der Waals surface area (Å²) in [6.45, 7) is 5.87. The van der Waals surface area contributed by atoms with Gasteiger partial charge in [0, 0.05) is 23.7 Å². The van der Waals surface area contributed by atoms with Crippen LogP contribution < -0.4 is 0 Å². The minimum atomic E-state index is -1.71. The highest BCUT2D eigenvalue weighted by Gasteiger charge is 2.49. The molecule has 3 fully saturated rings. The fraction of sp³-hybridized carbons (Fsp3) is 0.688. The Morgan fingerprint density at radius 3 is 1.34 bits per heavy atom. The van der Waals surface area contributed by atoms with Crippen molar-refractivity contribution in [3.8, 4) is 0 Å². The number of hydrogen-bond acceptors (Lipinski definition) is 18. The molecule has 0 aromatic carbocycles. The molecule has 0 bridgehead atoms. The van der Waals surface area contributed by atoms with Crippen LogP contribution in [0.1, 0.15) is 12.8 Å². The molecule has 5 rings (SSSR count). The van der Waals surface area contributed by atoms with Crippen molar-refractivity contribution in [3.63, 3.8) is 0 Å². The summed E-state index contributed by atoms with van der Waals surface area (Å²) in [6.07, 6.45) is -12.8. The summed E-state index contributed by atoms with van der Waals surface area (Å²) in [5.74, 6) is -4.57. The maximum atomic E-state index is 13.4. The second-order valence-corrected chi connectivity index (χ2v) is 12.5. The number of ether oxygens (including phenoxy) is 8. The second-order valence-electron chi connectivity index (χ2n) is 12.5. The van der Waals surface area contributed by atoms with E-state index in [2.05, 4.69) is 13.2 Å². The molecular formula is C32H44O18.